The van der Waals surface area contributed by atoms with Crippen LogP contribution in [0.3, 0.4) is 0 Å². The van der Waals surface area contributed by atoms with Crippen molar-refractivity contribution in [3.05, 3.63) is 45.9 Å². The molecule has 6 heteroatoms. The second kappa shape index (κ2) is 7.08. The topological polar surface area (TPSA) is 58.6 Å². The average molecular weight is 309 g/mol. The summed E-state index contributed by atoms with van der Waals surface area (Å²) in [5.74, 6) is -0.711. The fourth-order valence-corrected chi connectivity index (χ4v) is 2.81. The second-order valence-corrected chi connectivity index (χ2v) is 5.62. The minimum atomic E-state index is -0.839. The van der Waals surface area contributed by atoms with Crippen molar-refractivity contribution in [2.45, 2.75) is 19.9 Å². The first-order valence-corrected chi connectivity index (χ1v) is 7.35. The van der Waals surface area contributed by atoms with Crippen LogP contribution in [0.15, 0.2) is 30.3 Å². The highest BCUT2D eigenvalue weighted by Gasteiger charge is 2.07. The maximum atomic E-state index is 13.2. The van der Waals surface area contributed by atoms with Crippen molar-refractivity contribution < 1.29 is 19.0 Å². The molecule has 21 heavy (non-hydrogen) atoms. The van der Waals surface area contributed by atoms with Crippen LogP contribution in [0.4, 0.5) is 10.1 Å². The lowest BCUT2D eigenvalue weighted by Crippen LogP contribution is -2.02. The Bertz CT molecular complexity index is 627. The summed E-state index contributed by atoms with van der Waals surface area (Å²) in [5, 5.41) is 11.9. The van der Waals surface area contributed by atoms with E-state index in [1.807, 2.05) is 19.1 Å². The van der Waals surface area contributed by atoms with Crippen LogP contribution in [0.5, 0.6) is 5.75 Å². The van der Waals surface area contributed by atoms with Gasteiger partial charge in [0.25, 0.3) is 0 Å². The van der Waals surface area contributed by atoms with Gasteiger partial charge in [-0.05, 0) is 31.2 Å². The Hall–Kier alpha value is -2.08. The summed E-state index contributed by atoms with van der Waals surface area (Å²) < 4.78 is 18.6. The number of rotatable bonds is 7. The van der Waals surface area contributed by atoms with Gasteiger partial charge in [-0.1, -0.05) is 0 Å². The zero-order valence-corrected chi connectivity index (χ0v) is 12.4. The largest absolute Gasteiger partial charge is 0.492 e. The molecular formula is C15H16FNO3S. The summed E-state index contributed by atoms with van der Waals surface area (Å²) in [4.78, 5) is 12.5. The Kier molecular flexibility index (Phi) is 5.16. The van der Waals surface area contributed by atoms with Gasteiger partial charge in [-0.3, -0.25) is 4.79 Å². The smallest absolute Gasteiger partial charge is 0.308 e. The first-order chi connectivity index (χ1) is 10.1. The molecule has 0 radical (unpaired) electrons. The van der Waals surface area contributed by atoms with Gasteiger partial charge in [-0.2, -0.15) is 0 Å². The fraction of sp³-hybridized carbons (Fsp3) is 0.267. The number of ether oxygens (including phenoxy) is 1. The van der Waals surface area contributed by atoms with Gasteiger partial charge in [0.05, 0.1) is 18.7 Å². The molecule has 2 rings (SSSR count). The molecule has 0 bridgehead atoms. The quantitative estimate of drug-likeness (QED) is 0.821. The van der Waals surface area contributed by atoms with Gasteiger partial charge in [0.15, 0.2) is 0 Å². The van der Waals surface area contributed by atoms with Gasteiger partial charge in [0, 0.05) is 22.4 Å². The zero-order chi connectivity index (χ0) is 15.2. The minimum Gasteiger partial charge on any atom is -0.492 e. The lowest BCUT2D eigenvalue weighted by molar-refractivity contribution is -0.136. The fourth-order valence-electron chi connectivity index (χ4n) is 1.86. The van der Waals surface area contributed by atoms with Crippen LogP contribution in [0.25, 0.3) is 0 Å². The minimum absolute atomic E-state index is 0.0331. The van der Waals surface area contributed by atoms with Gasteiger partial charge < -0.3 is 15.2 Å². The number of nitrogens with one attached hydrogen (secondary N) is 1. The predicted octanol–water partition coefficient (Wildman–Crippen LogP) is 3.53. The molecule has 4 nitrogen and oxygen atoms in total. The summed E-state index contributed by atoms with van der Waals surface area (Å²) >= 11 is 1.44. The number of carboxylic acids is 1. The molecule has 0 spiro atoms. The molecule has 0 amide bonds. The third-order valence-corrected chi connectivity index (χ3v) is 3.82. The Morgan fingerprint density at radius 1 is 1.33 bits per heavy atom. The van der Waals surface area contributed by atoms with E-state index in [2.05, 4.69) is 5.32 Å². The number of hydrogen-bond donors (Lipinski definition) is 2. The van der Waals surface area contributed by atoms with Crippen LogP contribution in [0, 0.1) is 5.82 Å². The van der Waals surface area contributed by atoms with E-state index in [-0.39, 0.29) is 12.2 Å². The summed E-state index contributed by atoms with van der Waals surface area (Å²) in [6, 6.07) is 8.04. The van der Waals surface area contributed by atoms with Gasteiger partial charge >= 0.3 is 5.97 Å². The van der Waals surface area contributed by atoms with Crippen molar-refractivity contribution in [3.63, 3.8) is 0 Å². The van der Waals surface area contributed by atoms with E-state index >= 15 is 0 Å². The molecule has 0 aliphatic heterocycles. The molecule has 1 aromatic heterocycles. The Balaban J connectivity index is 2.02. The van der Waals surface area contributed by atoms with Gasteiger partial charge in [-0.25, -0.2) is 4.39 Å². The average Bonchev–Trinajstić information content (AvgIpc) is 2.85. The molecule has 0 atom stereocenters. The molecule has 0 saturated carbocycles. The maximum Gasteiger partial charge on any atom is 0.308 e. The molecule has 0 unspecified atom stereocenters. The van der Waals surface area contributed by atoms with E-state index in [4.69, 9.17) is 9.84 Å². The number of thiophene rings is 1. The zero-order valence-electron chi connectivity index (χ0n) is 11.6. The van der Waals surface area contributed by atoms with Crippen molar-refractivity contribution in [3.8, 4) is 5.75 Å². The van der Waals surface area contributed by atoms with E-state index < -0.39 is 5.97 Å². The van der Waals surface area contributed by atoms with E-state index in [0.717, 1.165) is 9.75 Å². The van der Waals surface area contributed by atoms with E-state index in [0.29, 0.717) is 24.6 Å². The lowest BCUT2D eigenvalue weighted by Gasteiger charge is -2.11. The number of aliphatic carboxylic acids is 1. The van der Waals surface area contributed by atoms with Crippen molar-refractivity contribution in [2.75, 3.05) is 11.9 Å². The van der Waals surface area contributed by atoms with Crippen LogP contribution in [0.2, 0.25) is 0 Å². The molecule has 0 fully saturated rings. The van der Waals surface area contributed by atoms with Crippen molar-refractivity contribution in [2.24, 2.45) is 0 Å². The molecule has 0 aliphatic rings. The van der Waals surface area contributed by atoms with E-state index in [1.54, 1.807) is 6.07 Å². The summed E-state index contributed by atoms with van der Waals surface area (Å²) in [5.41, 5.74) is 0.714. The third kappa shape index (κ3) is 4.46. The molecule has 2 aromatic rings. The number of halogens is 1. The highest BCUT2D eigenvalue weighted by molar-refractivity contribution is 7.12. The Morgan fingerprint density at radius 2 is 2.10 bits per heavy atom. The number of hydrogen-bond acceptors (Lipinski definition) is 4. The Labute approximate surface area is 126 Å². The first-order valence-electron chi connectivity index (χ1n) is 6.54. The van der Waals surface area contributed by atoms with Crippen molar-refractivity contribution in [1.82, 2.24) is 0 Å². The summed E-state index contributed by atoms with van der Waals surface area (Å²) in [6.45, 7) is 2.84. The van der Waals surface area contributed by atoms with E-state index in [1.165, 1.54) is 23.5 Å². The number of anilines is 1. The predicted molar refractivity (Wildman–Crippen MR) is 80.6 cm³/mol. The third-order valence-electron chi connectivity index (χ3n) is 2.74. The maximum absolute atomic E-state index is 13.2. The molecule has 0 aliphatic carbocycles. The van der Waals surface area contributed by atoms with Crippen molar-refractivity contribution >= 4 is 23.0 Å². The number of carbonyl (C=O) groups is 1. The van der Waals surface area contributed by atoms with E-state index in [9.17, 15) is 9.18 Å². The highest BCUT2D eigenvalue weighted by Crippen LogP contribution is 2.27. The van der Waals surface area contributed by atoms with Gasteiger partial charge in [-0.15, -0.1) is 11.3 Å². The summed E-state index contributed by atoms with van der Waals surface area (Å²) in [7, 11) is 0. The van der Waals surface area contributed by atoms with Crippen molar-refractivity contribution in [1.29, 1.82) is 0 Å². The lowest BCUT2D eigenvalue weighted by atomic mass is 10.2. The first kappa shape index (κ1) is 15.3. The van der Waals surface area contributed by atoms with Crippen LogP contribution < -0.4 is 10.1 Å². The number of carboxylic acid groups (broad SMARTS) is 1. The molecule has 112 valence electrons. The second-order valence-electron chi connectivity index (χ2n) is 4.37. The van der Waals surface area contributed by atoms with Crippen LogP contribution in [-0.2, 0) is 17.8 Å². The van der Waals surface area contributed by atoms with Crippen LogP contribution >= 0.6 is 11.3 Å². The van der Waals surface area contributed by atoms with Crippen LogP contribution in [0.1, 0.15) is 16.7 Å². The summed E-state index contributed by atoms with van der Waals surface area (Å²) in [6.07, 6.45) is 0.0331. The molecule has 2 N–H and O–H groups in total. The Morgan fingerprint density at radius 3 is 2.81 bits per heavy atom. The SMILES string of the molecule is CCOc1cc(F)ccc1NCc1ccc(CC(=O)O)s1. The standard InChI is InChI=1S/C15H16FNO3S/c1-2-20-14-7-10(16)3-6-13(14)17-9-12-5-4-11(21-12)8-15(18)19/h3-7,17H,2,8-9H2,1H3,(H,18,19). The molecular weight excluding hydrogens is 293 g/mol. The monoisotopic (exact) mass is 309 g/mol. The highest BCUT2D eigenvalue weighted by atomic mass is 32.1. The van der Waals surface area contributed by atoms with Crippen LogP contribution in [-0.4, -0.2) is 17.7 Å². The molecule has 0 saturated heterocycles. The molecule has 1 aromatic carbocycles. The molecule has 1 heterocycles. The number of benzene rings is 1. The van der Waals surface area contributed by atoms with Gasteiger partial charge in [0.2, 0.25) is 0 Å². The normalized spacial score (nSPS) is 10.4. The van der Waals surface area contributed by atoms with Gasteiger partial charge in [0.1, 0.15) is 11.6 Å².